The van der Waals surface area contributed by atoms with Crippen molar-refractivity contribution in [2.45, 2.75) is 6.92 Å². The van der Waals surface area contributed by atoms with E-state index in [0.717, 1.165) is 0 Å². The van der Waals surface area contributed by atoms with E-state index in [0.29, 0.717) is 23.6 Å². The van der Waals surface area contributed by atoms with Gasteiger partial charge in [-0.15, -0.1) is 0 Å². The Balaban J connectivity index is 2.66. The van der Waals surface area contributed by atoms with Crippen molar-refractivity contribution in [2.75, 3.05) is 25.5 Å². The highest BCUT2D eigenvalue weighted by molar-refractivity contribution is 5.98. The maximum absolute atomic E-state index is 11.9. The molecule has 0 aliphatic rings. The van der Waals surface area contributed by atoms with Crippen LogP contribution in [0.15, 0.2) is 18.2 Å². The summed E-state index contributed by atoms with van der Waals surface area (Å²) in [5.41, 5.74) is 11.3. The van der Waals surface area contributed by atoms with Crippen LogP contribution in [0.5, 0.6) is 5.75 Å². The number of nitrogens with two attached hydrogens (primary N) is 2. The second-order valence-corrected chi connectivity index (χ2v) is 3.58. The number of nitrogens with one attached hydrogen (secondary N) is 1. The summed E-state index contributed by atoms with van der Waals surface area (Å²) in [7, 11) is 0. The van der Waals surface area contributed by atoms with Crippen LogP contribution < -0.4 is 21.5 Å². The van der Waals surface area contributed by atoms with E-state index in [9.17, 15) is 9.59 Å². The topological polar surface area (TPSA) is 117 Å². The fraction of sp³-hybridized carbons (Fsp3) is 0.333. The SMILES string of the molecule is CCOc1c(N)cccc1C(=O)NCCOC(N)=O. The minimum atomic E-state index is -0.881. The molecule has 0 saturated carbocycles. The number of ether oxygens (including phenoxy) is 2. The molecule has 5 N–H and O–H groups in total. The predicted octanol–water partition coefficient (Wildman–Crippen LogP) is 0.493. The summed E-state index contributed by atoms with van der Waals surface area (Å²) < 4.78 is 9.84. The molecule has 0 radical (unpaired) electrons. The Morgan fingerprint density at radius 1 is 1.37 bits per heavy atom. The van der Waals surface area contributed by atoms with Crippen molar-refractivity contribution < 1.29 is 19.1 Å². The Kier molecular flexibility index (Phi) is 5.46. The maximum atomic E-state index is 11.9. The minimum Gasteiger partial charge on any atom is -0.491 e. The first-order valence-corrected chi connectivity index (χ1v) is 5.78. The van der Waals surface area contributed by atoms with Crippen molar-refractivity contribution in [3.63, 3.8) is 0 Å². The quantitative estimate of drug-likeness (QED) is 0.512. The zero-order valence-electron chi connectivity index (χ0n) is 10.6. The lowest BCUT2D eigenvalue weighted by molar-refractivity contribution is 0.0933. The van der Waals surface area contributed by atoms with E-state index in [1.54, 1.807) is 25.1 Å². The molecule has 2 amide bonds. The summed E-state index contributed by atoms with van der Waals surface area (Å²) in [6, 6.07) is 4.91. The zero-order chi connectivity index (χ0) is 14.3. The normalized spacial score (nSPS) is 9.74. The van der Waals surface area contributed by atoms with E-state index >= 15 is 0 Å². The number of anilines is 1. The summed E-state index contributed by atoms with van der Waals surface area (Å²) in [6.07, 6.45) is -0.881. The van der Waals surface area contributed by atoms with Gasteiger partial charge in [-0.2, -0.15) is 0 Å². The monoisotopic (exact) mass is 267 g/mol. The van der Waals surface area contributed by atoms with Gasteiger partial charge in [0, 0.05) is 0 Å². The molecule has 1 rings (SSSR count). The Labute approximate surface area is 110 Å². The van der Waals surface area contributed by atoms with Gasteiger partial charge in [0.2, 0.25) is 0 Å². The second-order valence-electron chi connectivity index (χ2n) is 3.58. The van der Waals surface area contributed by atoms with Crippen LogP contribution >= 0.6 is 0 Å². The molecule has 0 saturated heterocycles. The van der Waals surface area contributed by atoms with Gasteiger partial charge in [-0.3, -0.25) is 4.79 Å². The average Bonchev–Trinajstić information content (AvgIpc) is 2.36. The highest BCUT2D eigenvalue weighted by atomic mass is 16.5. The molecule has 7 heteroatoms. The lowest BCUT2D eigenvalue weighted by Crippen LogP contribution is -2.29. The Bertz CT molecular complexity index is 462. The van der Waals surface area contributed by atoms with Crippen LogP contribution in [0.25, 0.3) is 0 Å². The van der Waals surface area contributed by atoms with E-state index in [2.05, 4.69) is 10.1 Å². The Morgan fingerprint density at radius 3 is 2.74 bits per heavy atom. The van der Waals surface area contributed by atoms with Crippen molar-refractivity contribution in [1.29, 1.82) is 0 Å². The van der Waals surface area contributed by atoms with Gasteiger partial charge in [0.05, 0.1) is 24.4 Å². The van der Waals surface area contributed by atoms with Crippen LogP contribution in [0.2, 0.25) is 0 Å². The summed E-state index contributed by atoms with van der Waals surface area (Å²) >= 11 is 0. The van der Waals surface area contributed by atoms with E-state index in [1.165, 1.54) is 0 Å². The molecule has 0 bridgehead atoms. The fourth-order valence-corrected chi connectivity index (χ4v) is 1.45. The third kappa shape index (κ3) is 4.38. The van der Waals surface area contributed by atoms with Crippen LogP contribution in [0.1, 0.15) is 17.3 Å². The molecule has 0 aliphatic carbocycles. The summed E-state index contributed by atoms with van der Waals surface area (Å²) in [5.74, 6) is -0.0119. The molecule has 0 heterocycles. The molecular formula is C12H17N3O4. The first kappa shape index (κ1) is 14.6. The van der Waals surface area contributed by atoms with Crippen LogP contribution in [-0.2, 0) is 4.74 Å². The van der Waals surface area contributed by atoms with Crippen LogP contribution in [-0.4, -0.2) is 31.8 Å². The molecule has 0 unspecified atom stereocenters. The second kappa shape index (κ2) is 7.10. The largest absolute Gasteiger partial charge is 0.491 e. The predicted molar refractivity (Wildman–Crippen MR) is 69.9 cm³/mol. The molecule has 0 fully saturated rings. The average molecular weight is 267 g/mol. The van der Waals surface area contributed by atoms with Crippen LogP contribution in [0.3, 0.4) is 0 Å². The molecule has 0 aliphatic heterocycles. The van der Waals surface area contributed by atoms with E-state index in [1.807, 2.05) is 0 Å². The Hall–Kier alpha value is -2.44. The number of benzene rings is 1. The van der Waals surface area contributed by atoms with Gasteiger partial charge < -0.3 is 26.3 Å². The number of primary amides is 1. The van der Waals surface area contributed by atoms with Gasteiger partial charge in [-0.1, -0.05) is 6.07 Å². The summed E-state index contributed by atoms with van der Waals surface area (Å²) in [5, 5.41) is 2.57. The van der Waals surface area contributed by atoms with Crippen LogP contribution in [0.4, 0.5) is 10.5 Å². The van der Waals surface area contributed by atoms with E-state index in [4.69, 9.17) is 16.2 Å². The lowest BCUT2D eigenvalue weighted by Gasteiger charge is -2.12. The minimum absolute atomic E-state index is 0.00730. The molecule has 19 heavy (non-hydrogen) atoms. The molecule has 0 atom stereocenters. The number of amides is 2. The van der Waals surface area contributed by atoms with E-state index < -0.39 is 6.09 Å². The molecule has 1 aromatic carbocycles. The van der Waals surface area contributed by atoms with E-state index in [-0.39, 0.29) is 19.1 Å². The number of para-hydroxylation sites is 1. The van der Waals surface area contributed by atoms with Gasteiger partial charge in [0.15, 0.2) is 5.75 Å². The molecule has 7 nitrogen and oxygen atoms in total. The van der Waals surface area contributed by atoms with Gasteiger partial charge in [-0.25, -0.2) is 4.79 Å². The van der Waals surface area contributed by atoms with Crippen LogP contribution in [0, 0.1) is 0 Å². The fourth-order valence-electron chi connectivity index (χ4n) is 1.45. The Morgan fingerprint density at radius 2 is 2.11 bits per heavy atom. The number of rotatable bonds is 6. The highest BCUT2D eigenvalue weighted by Crippen LogP contribution is 2.26. The van der Waals surface area contributed by atoms with Gasteiger partial charge in [0.25, 0.3) is 5.91 Å². The third-order valence-corrected chi connectivity index (χ3v) is 2.21. The maximum Gasteiger partial charge on any atom is 0.404 e. The van der Waals surface area contributed by atoms with Gasteiger partial charge >= 0.3 is 6.09 Å². The summed E-state index contributed by atoms with van der Waals surface area (Å²) in [4.78, 5) is 22.3. The van der Waals surface area contributed by atoms with Crippen molar-refractivity contribution in [1.82, 2.24) is 5.32 Å². The van der Waals surface area contributed by atoms with Gasteiger partial charge in [-0.05, 0) is 19.1 Å². The standard InChI is InChI=1S/C12H17N3O4/c1-2-18-10-8(4-3-5-9(10)13)11(16)15-6-7-19-12(14)17/h3-5H,2,6-7,13H2,1H3,(H2,14,17)(H,15,16). The molecular weight excluding hydrogens is 250 g/mol. The van der Waals surface area contributed by atoms with Crippen molar-refractivity contribution in [3.8, 4) is 5.75 Å². The number of nitrogen functional groups attached to an aromatic ring is 1. The number of hydrogen-bond donors (Lipinski definition) is 3. The highest BCUT2D eigenvalue weighted by Gasteiger charge is 2.14. The third-order valence-electron chi connectivity index (χ3n) is 2.21. The molecule has 1 aromatic rings. The van der Waals surface area contributed by atoms with Crippen molar-refractivity contribution in [2.24, 2.45) is 5.73 Å². The number of carbonyl (C=O) groups is 2. The molecule has 104 valence electrons. The first-order chi connectivity index (χ1) is 9.06. The lowest BCUT2D eigenvalue weighted by atomic mass is 10.1. The zero-order valence-corrected chi connectivity index (χ0v) is 10.6. The number of hydrogen-bond acceptors (Lipinski definition) is 5. The summed E-state index contributed by atoms with van der Waals surface area (Å²) in [6.45, 7) is 2.36. The molecule has 0 aromatic heterocycles. The van der Waals surface area contributed by atoms with Crippen molar-refractivity contribution >= 4 is 17.7 Å². The van der Waals surface area contributed by atoms with Gasteiger partial charge in [0.1, 0.15) is 6.61 Å². The number of carbonyl (C=O) groups excluding carboxylic acids is 2. The first-order valence-electron chi connectivity index (χ1n) is 5.78. The molecule has 0 spiro atoms. The van der Waals surface area contributed by atoms with Crippen molar-refractivity contribution in [3.05, 3.63) is 23.8 Å². The smallest absolute Gasteiger partial charge is 0.404 e.